The van der Waals surface area contributed by atoms with Crippen LogP contribution >= 0.6 is 31.9 Å². The molecule has 5 aromatic rings. The van der Waals surface area contributed by atoms with E-state index in [4.69, 9.17) is 15.8 Å². The molecule has 0 spiro atoms. The molecule has 204 valence electrons. The van der Waals surface area contributed by atoms with Crippen LogP contribution in [0.5, 0.6) is 0 Å². The number of halogens is 2. The minimum absolute atomic E-state index is 0. The fraction of sp³-hybridized carbons (Fsp3) is 0.0303. The minimum Gasteiger partial charge on any atom is -0.424 e. The van der Waals surface area contributed by atoms with Gasteiger partial charge in [-0.05, 0) is 84.3 Å². The molecule has 0 fully saturated rings. The molecule has 0 unspecified atom stereocenters. The summed E-state index contributed by atoms with van der Waals surface area (Å²) in [6.45, 7) is 0. The van der Waals surface area contributed by atoms with Gasteiger partial charge in [0.2, 0.25) is 0 Å². The molecule has 0 saturated heterocycles. The lowest BCUT2D eigenvalue weighted by Gasteiger charge is -1.97. The van der Waals surface area contributed by atoms with Crippen LogP contribution in [0.15, 0.2) is 125 Å². The molecule has 0 atom stereocenters. The molecule has 4 aromatic carbocycles. The van der Waals surface area contributed by atoms with Gasteiger partial charge in [0, 0.05) is 16.9 Å². The van der Waals surface area contributed by atoms with Crippen LogP contribution in [0, 0.1) is 0 Å². The Kier molecular flexibility index (Phi) is 14.6. The summed E-state index contributed by atoms with van der Waals surface area (Å²) in [7, 11) is -1.37. The highest BCUT2D eigenvalue weighted by atomic mass is 79.9. The average molecular weight is 660 g/mol. The Morgan fingerprint density at radius 1 is 0.700 bits per heavy atom. The summed E-state index contributed by atoms with van der Waals surface area (Å²) in [5, 5.41) is 18.2. The second-order valence-electron chi connectivity index (χ2n) is 8.30. The lowest BCUT2D eigenvalue weighted by Crippen LogP contribution is -2.05. The van der Waals surface area contributed by atoms with Crippen molar-refractivity contribution in [3.05, 3.63) is 147 Å². The number of fused-ring (bicyclic) bond motifs is 1. The highest BCUT2D eigenvalue weighted by Crippen LogP contribution is 2.21. The summed E-state index contributed by atoms with van der Waals surface area (Å²) in [5.41, 5.74) is 12.0. The van der Waals surface area contributed by atoms with Crippen molar-refractivity contribution in [2.45, 2.75) is 7.43 Å². The number of rotatable bonds is 5. The highest BCUT2D eigenvalue weighted by molar-refractivity contribution is 9.28. The zero-order chi connectivity index (χ0) is 27.9. The van der Waals surface area contributed by atoms with Gasteiger partial charge in [-0.1, -0.05) is 123 Å². The summed E-state index contributed by atoms with van der Waals surface area (Å²) >= 11 is 6.53. The molecule has 5 rings (SSSR count). The van der Waals surface area contributed by atoms with E-state index in [1.807, 2.05) is 84.9 Å². The zero-order valence-corrected chi connectivity index (χ0v) is 24.3. The fourth-order valence-corrected chi connectivity index (χ4v) is 3.95. The number of nitrogen functional groups attached to an aromatic ring is 1. The van der Waals surface area contributed by atoms with Gasteiger partial charge in [-0.15, -0.1) is 0 Å². The van der Waals surface area contributed by atoms with Gasteiger partial charge < -0.3 is 20.8 Å². The topological polar surface area (TPSA) is 82.3 Å². The van der Waals surface area contributed by atoms with Gasteiger partial charge in [0.1, 0.15) is 0 Å². The third-order valence-electron chi connectivity index (χ3n) is 5.33. The molecule has 0 aliphatic heterocycles. The van der Waals surface area contributed by atoms with Gasteiger partial charge in [-0.2, -0.15) is 0 Å². The summed E-state index contributed by atoms with van der Waals surface area (Å²) < 4.78 is 0.892. The molecule has 0 amide bonds. The Morgan fingerprint density at radius 3 is 1.82 bits per heavy atom. The highest BCUT2D eigenvalue weighted by Gasteiger charge is 1.97. The molecule has 4 nitrogen and oxygen atoms in total. The van der Waals surface area contributed by atoms with E-state index in [0.29, 0.717) is 0 Å². The van der Waals surface area contributed by atoms with E-state index in [1.54, 1.807) is 6.08 Å². The van der Waals surface area contributed by atoms with Crippen LogP contribution in [-0.2, 0) is 0 Å². The first kappa shape index (κ1) is 32.6. The predicted molar refractivity (Wildman–Crippen MR) is 183 cm³/mol. The Balaban J connectivity index is 0.000000217. The first-order valence-corrected chi connectivity index (χ1v) is 13.8. The number of hydrogen-bond acceptors (Lipinski definition) is 3. The van der Waals surface area contributed by atoms with E-state index in [9.17, 15) is 0 Å². The zero-order valence-electron chi connectivity index (χ0n) is 21.2. The Morgan fingerprint density at radius 2 is 1.25 bits per heavy atom. The number of aromatic amines is 1. The largest absolute Gasteiger partial charge is 0.480 e. The number of aromatic nitrogens is 1. The van der Waals surface area contributed by atoms with Crippen LogP contribution in [0.2, 0.25) is 0 Å². The summed E-state index contributed by atoms with van der Waals surface area (Å²) in [6.07, 6.45) is 7.79. The van der Waals surface area contributed by atoms with Crippen molar-refractivity contribution in [2.75, 3.05) is 5.73 Å². The van der Waals surface area contributed by atoms with Gasteiger partial charge in [0.05, 0.1) is 3.39 Å². The monoisotopic (exact) mass is 658 g/mol. The second kappa shape index (κ2) is 17.9. The van der Waals surface area contributed by atoms with Crippen LogP contribution < -0.4 is 5.73 Å². The van der Waals surface area contributed by atoms with Crippen molar-refractivity contribution in [3.8, 4) is 0 Å². The molecule has 1 heterocycles. The minimum atomic E-state index is -1.37. The quantitative estimate of drug-likeness (QED) is 0.112. The maximum atomic E-state index is 8.48. The van der Waals surface area contributed by atoms with Gasteiger partial charge >= 0.3 is 7.12 Å². The Labute approximate surface area is 254 Å². The maximum Gasteiger partial charge on any atom is 0.480 e. The third kappa shape index (κ3) is 12.1. The second-order valence-corrected chi connectivity index (χ2v) is 11.1. The summed E-state index contributed by atoms with van der Waals surface area (Å²) in [6, 6.07) is 37.9. The van der Waals surface area contributed by atoms with E-state index in [1.165, 1.54) is 22.4 Å². The van der Waals surface area contributed by atoms with Gasteiger partial charge in [-0.25, -0.2) is 0 Å². The average Bonchev–Trinajstić information content (AvgIpc) is 3.37. The number of hydrogen-bond donors (Lipinski definition) is 4. The SMILES string of the molecule is C.C(=C\c1cc2ccccc2[nH]1)/c1ccccc1.Nc1ccccc1C=C(Br)Br.OB(O)/C=C/c1ccccc1. The van der Waals surface area contributed by atoms with Crippen LogP contribution in [0.4, 0.5) is 5.69 Å². The van der Waals surface area contributed by atoms with Crippen molar-refractivity contribution in [3.63, 3.8) is 0 Å². The molecule has 0 saturated carbocycles. The molecular formula is C33H33BBr2N2O2. The van der Waals surface area contributed by atoms with Gasteiger partial charge in [0.25, 0.3) is 0 Å². The van der Waals surface area contributed by atoms with Crippen molar-refractivity contribution >= 4 is 79.9 Å². The first-order chi connectivity index (χ1) is 18.9. The number of nitrogens with two attached hydrogens (primary N) is 1. The van der Waals surface area contributed by atoms with Crippen molar-refractivity contribution < 1.29 is 10.0 Å². The van der Waals surface area contributed by atoms with Crippen molar-refractivity contribution in [2.24, 2.45) is 0 Å². The van der Waals surface area contributed by atoms with Crippen LogP contribution in [0.3, 0.4) is 0 Å². The molecular weight excluding hydrogens is 627 g/mol. The first-order valence-electron chi connectivity index (χ1n) is 12.2. The molecule has 0 bridgehead atoms. The molecule has 0 radical (unpaired) electrons. The van der Waals surface area contributed by atoms with Crippen LogP contribution in [-0.4, -0.2) is 22.2 Å². The van der Waals surface area contributed by atoms with E-state index < -0.39 is 7.12 Å². The van der Waals surface area contributed by atoms with Crippen LogP contribution in [0.25, 0.3) is 35.2 Å². The third-order valence-corrected chi connectivity index (χ3v) is 5.78. The fourth-order valence-electron chi connectivity index (χ4n) is 3.46. The lowest BCUT2D eigenvalue weighted by atomic mass is 9.91. The van der Waals surface area contributed by atoms with Crippen molar-refractivity contribution in [1.82, 2.24) is 4.98 Å². The summed E-state index contributed by atoms with van der Waals surface area (Å²) in [4.78, 5) is 3.38. The van der Waals surface area contributed by atoms with Gasteiger partial charge in [0.15, 0.2) is 0 Å². The molecule has 5 N–H and O–H groups in total. The number of benzene rings is 4. The van der Waals surface area contributed by atoms with E-state index in [0.717, 1.165) is 25.9 Å². The van der Waals surface area contributed by atoms with E-state index >= 15 is 0 Å². The standard InChI is InChI=1S/C16H13N.C8H9BO2.C8H7Br2N.CH4/c1-2-6-13(7-3-1)10-11-15-12-14-8-4-5-9-16(14)17-15;10-9(11)7-6-8-4-2-1-3-5-8;9-8(10)5-6-3-1-2-4-7(6)11;/h1-12,17H;1-7,10-11H;1-5H,11H2;1H4/b11-10+;7-6+;;. The number of para-hydroxylation sites is 2. The van der Waals surface area contributed by atoms with Crippen molar-refractivity contribution in [1.29, 1.82) is 0 Å². The maximum absolute atomic E-state index is 8.48. The van der Waals surface area contributed by atoms with E-state index in [-0.39, 0.29) is 7.43 Å². The smallest absolute Gasteiger partial charge is 0.424 e. The normalized spacial score (nSPS) is 10.2. The summed E-state index contributed by atoms with van der Waals surface area (Å²) in [5.74, 6) is 1.31. The van der Waals surface area contributed by atoms with E-state index in [2.05, 4.69) is 85.4 Å². The van der Waals surface area contributed by atoms with Crippen LogP contribution in [0.1, 0.15) is 29.8 Å². The predicted octanol–water partition coefficient (Wildman–Crippen LogP) is 9.04. The number of nitrogens with one attached hydrogen (secondary N) is 1. The lowest BCUT2D eigenvalue weighted by molar-refractivity contribution is 0.424. The Bertz CT molecular complexity index is 1480. The molecule has 0 aliphatic rings. The molecule has 0 aliphatic carbocycles. The molecule has 1 aromatic heterocycles. The Hall–Kier alpha value is -3.62. The van der Waals surface area contributed by atoms with Gasteiger partial charge in [-0.3, -0.25) is 0 Å². The number of H-pyrrole nitrogens is 1. The molecule has 7 heteroatoms. The number of anilines is 1. The molecule has 40 heavy (non-hydrogen) atoms.